The van der Waals surface area contributed by atoms with Crippen molar-refractivity contribution in [3.63, 3.8) is 0 Å². The number of benzene rings is 2. The molecule has 1 N–H and O–H groups in total. The monoisotopic (exact) mass is 420 g/mol. The summed E-state index contributed by atoms with van der Waals surface area (Å²) in [5, 5.41) is 9.15. The number of amides is 2. The molecule has 2 aromatic rings. The fraction of sp³-hybridized carbons (Fsp3) is 0.400. The molecule has 1 unspecified atom stereocenters. The Balaban J connectivity index is 1.43. The number of anilines is 2. The molecule has 2 fully saturated rings. The molecular weight excluding hydrogens is 392 g/mol. The number of carboxylic acids is 1. The molecule has 1 atom stereocenters. The number of carbonyl (C=O) groups excluding carboxylic acids is 2. The van der Waals surface area contributed by atoms with Crippen molar-refractivity contribution in [3.05, 3.63) is 59.7 Å². The smallest absolute Gasteiger partial charge is 0.308 e. The van der Waals surface area contributed by atoms with E-state index in [4.69, 9.17) is 5.11 Å². The molecule has 4 rings (SSSR count). The van der Waals surface area contributed by atoms with Crippen LogP contribution in [0.3, 0.4) is 0 Å². The summed E-state index contributed by atoms with van der Waals surface area (Å²) in [5.41, 5.74) is 3.32. The van der Waals surface area contributed by atoms with Crippen molar-refractivity contribution in [1.82, 2.24) is 0 Å². The van der Waals surface area contributed by atoms with Gasteiger partial charge in [0.2, 0.25) is 5.91 Å². The van der Waals surface area contributed by atoms with E-state index in [1.54, 1.807) is 36.2 Å². The first-order chi connectivity index (χ1) is 14.9. The lowest BCUT2D eigenvalue weighted by Gasteiger charge is -2.23. The van der Waals surface area contributed by atoms with Gasteiger partial charge in [-0.15, -0.1) is 0 Å². The summed E-state index contributed by atoms with van der Waals surface area (Å²) in [7, 11) is 1.73. The molecule has 1 aliphatic heterocycles. The standard InChI is InChI=1S/C25H28N2O4/c1-26(24(29)19-9-7-18(8-10-19)17-5-3-2-4-6-17)21-11-13-22(14-12-21)27-16-20(25(30)31)15-23(27)28/h7-14,17,20H,2-6,15-16H2,1H3,(H,30,31). The zero-order chi connectivity index (χ0) is 22.0. The molecule has 1 aliphatic carbocycles. The fourth-order valence-corrected chi connectivity index (χ4v) is 4.62. The van der Waals surface area contributed by atoms with Gasteiger partial charge < -0.3 is 14.9 Å². The van der Waals surface area contributed by atoms with E-state index in [1.165, 1.54) is 42.6 Å². The van der Waals surface area contributed by atoms with Gasteiger partial charge in [0.15, 0.2) is 0 Å². The van der Waals surface area contributed by atoms with Crippen molar-refractivity contribution < 1.29 is 19.5 Å². The molecular formula is C25H28N2O4. The third-order valence-electron chi connectivity index (χ3n) is 6.56. The summed E-state index contributed by atoms with van der Waals surface area (Å²) < 4.78 is 0. The van der Waals surface area contributed by atoms with E-state index in [0.29, 0.717) is 22.9 Å². The molecule has 1 saturated heterocycles. The molecule has 2 aromatic carbocycles. The van der Waals surface area contributed by atoms with E-state index in [0.717, 1.165) is 0 Å². The van der Waals surface area contributed by atoms with E-state index < -0.39 is 11.9 Å². The van der Waals surface area contributed by atoms with Gasteiger partial charge in [-0.2, -0.15) is 0 Å². The third-order valence-corrected chi connectivity index (χ3v) is 6.56. The van der Waals surface area contributed by atoms with E-state index in [2.05, 4.69) is 12.1 Å². The van der Waals surface area contributed by atoms with Crippen molar-refractivity contribution >= 4 is 29.2 Å². The average molecular weight is 421 g/mol. The molecule has 0 spiro atoms. The number of hydrogen-bond acceptors (Lipinski definition) is 3. The van der Waals surface area contributed by atoms with Crippen LogP contribution in [0.5, 0.6) is 0 Å². The Kier molecular flexibility index (Phi) is 6.07. The normalized spacial score (nSPS) is 19.5. The van der Waals surface area contributed by atoms with Crippen LogP contribution in [0.25, 0.3) is 0 Å². The van der Waals surface area contributed by atoms with Crippen LogP contribution in [0.4, 0.5) is 11.4 Å². The second-order valence-corrected chi connectivity index (χ2v) is 8.58. The first kappa shape index (κ1) is 21.1. The summed E-state index contributed by atoms with van der Waals surface area (Å²) >= 11 is 0. The Labute approximate surface area is 182 Å². The van der Waals surface area contributed by atoms with Gasteiger partial charge in [0.25, 0.3) is 5.91 Å². The third kappa shape index (κ3) is 4.48. The molecule has 6 heteroatoms. The molecule has 2 amide bonds. The van der Waals surface area contributed by atoms with Gasteiger partial charge >= 0.3 is 5.97 Å². The second kappa shape index (κ2) is 8.92. The highest BCUT2D eigenvalue weighted by atomic mass is 16.4. The van der Waals surface area contributed by atoms with E-state index >= 15 is 0 Å². The molecule has 31 heavy (non-hydrogen) atoms. The van der Waals surface area contributed by atoms with Crippen molar-refractivity contribution in [3.8, 4) is 0 Å². The van der Waals surface area contributed by atoms with Crippen LogP contribution in [0.1, 0.15) is 60.4 Å². The van der Waals surface area contributed by atoms with Crippen LogP contribution in [0.2, 0.25) is 0 Å². The number of aliphatic carboxylic acids is 1. The van der Waals surface area contributed by atoms with E-state index in [9.17, 15) is 14.4 Å². The maximum Gasteiger partial charge on any atom is 0.308 e. The van der Waals surface area contributed by atoms with Crippen LogP contribution in [0.15, 0.2) is 48.5 Å². The lowest BCUT2D eigenvalue weighted by molar-refractivity contribution is -0.141. The van der Waals surface area contributed by atoms with Crippen molar-refractivity contribution in [1.29, 1.82) is 0 Å². The van der Waals surface area contributed by atoms with Gasteiger partial charge in [-0.05, 0) is 60.7 Å². The molecule has 0 aromatic heterocycles. The maximum atomic E-state index is 12.9. The highest BCUT2D eigenvalue weighted by Crippen LogP contribution is 2.33. The van der Waals surface area contributed by atoms with E-state index in [-0.39, 0.29) is 24.8 Å². The van der Waals surface area contributed by atoms with Crippen LogP contribution >= 0.6 is 0 Å². The number of rotatable bonds is 5. The highest BCUT2D eigenvalue weighted by Gasteiger charge is 2.35. The van der Waals surface area contributed by atoms with Gasteiger partial charge in [0.1, 0.15) is 0 Å². The first-order valence-corrected chi connectivity index (χ1v) is 11.0. The summed E-state index contributed by atoms with van der Waals surface area (Å²) in [6, 6.07) is 15.1. The largest absolute Gasteiger partial charge is 0.481 e. The van der Waals surface area contributed by atoms with Crippen molar-refractivity contribution in [2.45, 2.75) is 44.4 Å². The lowest BCUT2D eigenvalue weighted by atomic mass is 9.84. The Morgan fingerprint density at radius 3 is 2.19 bits per heavy atom. The number of carboxylic acid groups (broad SMARTS) is 1. The zero-order valence-corrected chi connectivity index (χ0v) is 17.8. The summed E-state index contributed by atoms with van der Waals surface area (Å²) in [6.07, 6.45) is 6.36. The lowest BCUT2D eigenvalue weighted by Crippen LogP contribution is -2.27. The number of carbonyl (C=O) groups is 3. The average Bonchev–Trinajstić information content (AvgIpc) is 3.21. The minimum absolute atomic E-state index is 0.0202. The predicted octanol–water partition coefficient (Wildman–Crippen LogP) is 4.45. The minimum Gasteiger partial charge on any atom is -0.481 e. The van der Waals surface area contributed by atoms with Gasteiger partial charge in [0, 0.05) is 37.0 Å². The SMILES string of the molecule is CN(C(=O)c1ccc(C2CCCCC2)cc1)c1ccc(N2CC(C(=O)O)CC2=O)cc1. The van der Waals surface area contributed by atoms with Crippen LogP contribution < -0.4 is 9.80 Å². The molecule has 1 heterocycles. The Morgan fingerprint density at radius 1 is 0.968 bits per heavy atom. The zero-order valence-electron chi connectivity index (χ0n) is 17.8. The fourth-order valence-electron chi connectivity index (χ4n) is 4.62. The molecule has 0 bridgehead atoms. The summed E-state index contributed by atoms with van der Waals surface area (Å²) in [4.78, 5) is 39.3. The Hall–Kier alpha value is -3.15. The molecule has 0 radical (unpaired) electrons. The topological polar surface area (TPSA) is 77.9 Å². The quantitative estimate of drug-likeness (QED) is 0.775. The predicted molar refractivity (Wildman–Crippen MR) is 120 cm³/mol. The van der Waals surface area contributed by atoms with Crippen LogP contribution in [-0.2, 0) is 9.59 Å². The van der Waals surface area contributed by atoms with Crippen molar-refractivity contribution in [2.75, 3.05) is 23.4 Å². The van der Waals surface area contributed by atoms with E-state index in [1.807, 2.05) is 12.1 Å². The van der Waals surface area contributed by atoms with Gasteiger partial charge in [-0.3, -0.25) is 14.4 Å². The molecule has 2 aliphatic rings. The van der Waals surface area contributed by atoms with Crippen LogP contribution in [0, 0.1) is 5.92 Å². The van der Waals surface area contributed by atoms with Crippen molar-refractivity contribution in [2.24, 2.45) is 5.92 Å². The molecule has 6 nitrogen and oxygen atoms in total. The minimum atomic E-state index is -0.952. The number of hydrogen-bond donors (Lipinski definition) is 1. The first-order valence-electron chi connectivity index (χ1n) is 11.0. The Morgan fingerprint density at radius 2 is 1.61 bits per heavy atom. The Bertz CT molecular complexity index is 962. The summed E-state index contributed by atoms with van der Waals surface area (Å²) in [6.45, 7) is 0.176. The molecule has 162 valence electrons. The highest BCUT2D eigenvalue weighted by molar-refractivity contribution is 6.06. The molecule has 1 saturated carbocycles. The van der Waals surface area contributed by atoms with Crippen LogP contribution in [-0.4, -0.2) is 36.5 Å². The van der Waals surface area contributed by atoms with Gasteiger partial charge in [-0.1, -0.05) is 31.4 Å². The summed E-state index contributed by atoms with van der Waals surface area (Å²) in [5.74, 6) is -1.30. The second-order valence-electron chi connectivity index (χ2n) is 8.58. The van der Waals surface area contributed by atoms with Gasteiger partial charge in [-0.25, -0.2) is 0 Å². The number of nitrogens with zero attached hydrogens (tertiary/aromatic N) is 2. The van der Waals surface area contributed by atoms with Gasteiger partial charge in [0.05, 0.1) is 5.92 Å². The maximum absolute atomic E-state index is 12.9.